The summed E-state index contributed by atoms with van der Waals surface area (Å²) in [6.45, 7) is 9.32. The highest BCUT2D eigenvalue weighted by Crippen LogP contribution is 2.32. The topological polar surface area (TPSA) is 12.0 Å². The zero-order chi connectivity index (χ0) is 13.1. The molecule has 1 nitrogen and oxygen atoms in total. The minimum atomic E-state index is 0.590. The molecule has 0 heterocycles. The number of hydrogen-bond donors (Lipinski definition) is 1. The molecular formula is C17H27N. The first-order chi connectivity index (χ1) is 8.56. The summed E-state index contributed by atoms with van der Waals surface area (Å²) in [5.74, 6) is 2.31. The molecule has 18 heavy (non-hydrogen) atoms. The lowest BCUT2D eigenvalue weighted by Gasteiger charge is -2.33. The van der Waals surface area contributed by atoms with Gasteiger partial charge in [-0.3, -0.25) is 0 Å². The molecule has 0 aliphatic heterocycles. The van der Waals surface area contributed by atoms with Crippen molar-refractivity contribution in [2.75, 3.05) is 5.32 Å². The zero-order valence-electron chi connectivity index (χ0n) is 12.2. The van der Waals surface area contributed by atoms with Gasteiger partial charge in [-0.15, -0.1) is 0 Å². The van der Waals surface area contributed by atoms with Crippen molar-refractivity contribution < 1.29 is 0 Å². The normalized spacial score (nSPS) is 28.4. The predicted octanol–water partition coefficient (Wildman–Crippen LogP) is 5.05. The summed E-state index contributed by atoms with van der Waals surface area (Å²) in [6, 6.07) is 9.43. The van der Waals surface area contributed by atoms with E-state index in [1.54, 1.807) is 0 Å². The first-order valence-electron chi connectivity index (χ1n) is 7.41. The Hall–Kier alpha value is -0.980. The number of nitrogens with one attached hydrogen (secondary N) is 1. The standard InChI is InChI=1S/C17H27N/c1-12(2)16-7-5-6-8-17(16)18-15-10-13(3)9-14(4)11-15/h5-8,12-15,18H,9-11H2,1-4H3. The molecule has 1 aliphatic carbocycles. The van der Waals surface area contributed by atoms with Gasteiger partial charge in [0.2, 0.25) is 0 Å². The molecule has 1 N–H and O–H groups in total. The number of benzene rings is 1. The van der Waals surface area contributed by atoms with E-state index in [0.717, 1.165) is 11.8 Å². The fraction of sp³-hybridized carbons (Fsp3) is 0.647. The first kappa shape index (κ1) is 13.5. The quantitative estimate of drug-likeness (QED) is 0.786. The Morgan fingerprint density at radius 2 is 1.61 bits per heavy atom. The fourth-order valence-corrected chi connectivity index (χ4v) is 3.42. The minimum Gasteiger partial charge on any atom is -0.382 e. The van der Waals surface area contributed by atoms with Crippen LogP contribution in [0.15, 0.2) is 24.3 Å². The van der Waals surface area contributed by atoms with Crippen molar-refractivity contribution in [1.82, 2.24) is 0 Å². The first-order valence-corrected chi connectivity index (χ1v) is 7.41. The van der Waals surface area contributed by atoms with E-state index >= 15 is 0 Å². The third-order valence-electron chi connectivity index (χ3n) is 4.12. The fourth-order valence-electron chi connectivity index (χ4n) is 3.42. The molecule has 0 spiro atoms. The van der Waals surface area contributed by atoms with Crippen molar-refractivity contribution in [3.63, 3.8) is 0 Å². The lowest BCUT2D eigenvalue weighted by Crippen LogP contribution is -2.30. The van der Waals surface area contributed by atoms with E-state index in [1.807, 2.05) is 0 Å². The molecule has 2 unspecified atom stereocenters. The molecule has 1 aliphatic rings. The molecule has 100 valence electrons. The van der Waals surface area contributed by atoms with Crippen molar-refractivity contribution in [3.8, 4) is 0 Å². The van der Waals surface area contributed by atoms with E-state index in [9.17, 15) is 0 Å². The molecule has 0 bridgehead atoms. The van der Waals surface area contributed by atoms with Crippen molar-refractivity contribution in [2.45, 2.75) is 58.9 Å². The van der Waals surface area contributed by atoms with E-state index in [2.05, 4.69) is 57.3 Å². The van der Waals surface area contributed by atoms with Gasteiger partial charge in [0.1, 0.15) is 0 Å². The Kier molecular flexibility index (Phi) is 4.31. The van der Waals surface area contributed by atoms with Crippen LogP contribution in [0.5, 0.6) is 0 Å². The van der Waals surface area contributed by atoms with Crippen LogP contribution in [0, 0.1) is 11.8 Å². The average molecular weight is 245 g/mol. The van der Waals surface area contributed by atoms with Crippen molar-refractivity contribution in [3.05, 3.63) is 29.8 Å². The molecule has 0 aromatic heterocycles. The second kappa shape index (κ2) is 5.77. The summed E-state index contributed by atoms with van der Waals surface area (Å²) >= 11 is 0. The highest BCUT2D eigenvalue weighted by molar-refractivity contribution is 5.53. The Balaban J connectivity index is 2.09. The number of hydrogen-bond acceptors (Lipinski definition) is 1. The predicted molar refractivity (Wildman–Crippen MR) is 80.1 cm³/mol. The summed E-state index contributed by atoms with van der Waals surface area (Å²) < 4.78 is 0. The maximum absolute atomic E-state index is 3.79. The van der Waals surface area contributed by atoms with Crippen LogP contribution in [0.1, 0.15) is 58.4 Å². The Labute approximate surface area is 112 Å². The summed E-state index contributed by atoms with van der Waals surface area (Å²) in [5.41, 5.74) is 2.79. The van der Waals surface area contributed by atoms with E-state index in [4.69, 9.17) is 0 Å². The molecule has 0 radical (unpaired) electrons. The van der Waals surface area contributed by atoms with Crippen molar-refractivity contribution in [1.29, 1.82) is 0 Å². The van der Waals surface area contributed by atoms with E-state index < -0.39 is 0 Å². The Morgan fingerprint density at radius 3 is 2.22 bits per heavy atom. The number of anilines is 1. The van der Waals surface area contributed by atoms with Crippen LogP contribution >= 0.6 is 0 Å². The lowest BCUT2D eigenvalue weighted by molar-refractivity contribution is 0.280. The average Bonchev–Trinajstić information content (AvgIpc) is 2.27. The van der Waals surface area contributed by atoms with Gasteiger partial charge in [-0.05, 0) is 48.6 Å². The van der Waals surface area contributed by atoms with Gasteiger partial charge in [0.05, 0.1) is 0 Å². The van der Waals surface area contributed by atoms with Crippen LogP contribution in [-0.2, 0) is 0 Å². The molecule has 1 fully saturated rings. The molecule has 1 heteroatoms. The van der Waals surface area contributed by atoms with Crippen LogP contribution in [-0.4, -0.2) is 6.04 Å². The van der Waals surface area contributed by atoms with E-state index in [1.165, 1.54) is 30.5 Å². The van der Waals surface area contributed by atoms with Gasteiger partial charge in [-0.25, -0.2) is 0 Å². The van der Waals surface area contributed by atoms with Gasteiger partial charge in [0, 0.05) is 11.7 Å². The van der Waals surface area contributed by atoms with E-state index in [-0.39, 0.29) is 0 Å². The molecule has 1 aromatic rings. The minimum absolute atomic E-state index is 0.590. The van der Waals surface area contributed by atoms with Gasteiger partial charge in [-0.2, -0.15) is 0 Å². The Morgan fingerprint density at radius 1 is 1.00 bits per heavy atom. The smallest absolute Gasteiger partial charge is 0.0377 e. The monoisotopic (exact) mass is 245 g/mol. The third kappa shape index (κ3) is 3.28. The second-order valence-corrected chi connectivity index (χ2v) is 6.50. The van der Waals surface area contributed by atoms with Crippen molar-refractivity contribution in [2.24, 2.45) is 11.8 Å². The lowest BCUT2D eigenvalue weighted by atomic mass is 9.80. The molecule has 2 atom stereocenters. The summed E-state index contributed by atoms with van der Waals surface area (Å²) in [5, 5.41) is 3.79. The highest BCUT2D eigenvalue weighted by atomic mass is 14.9. The highest BCUT2D eigenvalue weighted by Gasteiger charge is 2.24. The molecule has 2 rings (SSSR count). The maximum Gasteiger partial charge on any atom is 0.0377 e. The van der Waals surface area contributed by atoms with Crippen molar-refractivity contribution >= 4 is 5.69 Å². The van der Waals surface area contributed by atoms with E-state index in [0.29, 0.717) is 12.0 Å². The SMILES string of the molecule is CC1CC(C)CC(Nc2ccccc2C(C)C)C1. The van der Waals surface area contributed by atoms with Gasteiger partial charge in [0.15, 0.2) is 0 Å². The summed E-state index contributed by atoms with van der Waals surface area (Å²) in [6.07, 6.45) is 4.03. The third-order valence-corrected chi connectivity index (χ3v) is 4.12. The molecule has 1 saturated carbocycles. The zero-order valence-corrected chi connectivity index (χ0v) is 12.2. The Bertz CT molecular complexity index is 373. The molecule has 0 saturated heterocycles. The van der Waals surface area contributed by atoms with Crippen LogP contribution in [0.2, 0.25) is 0 Å². The maximum atomic E-state index is 3.79. The van der Waals surface area contributed by atoms with Gasteiger partial charge >= 0.3 is 0 Å². The molecular weight excluding hydrogens is 218 g/mol. The largest absolute Gasteiger partial charge is 0.382 e. The number of rotatable bonds is 3. The summed E-state index contributed by atoms with van der Waals surface area (Å²) in [4.78, 5) is 0. The van der Waals surface area contributed by atoms with Crippen LogP contribution in [0.3, 0.4) is 0 Å². The molecule has 1 aromatic carbocycles. The molecule has 0 amide bonds. The van der Waals surface area contributed by atoms with Crippen LogP contribution < -0.4 is 5.32 Å². The van der Waals surface area contributed by atoms with Gasteiger partial charge in [-0.1, -0.05) is 45.9 Å². The van der Waals surface area contributed by atoms with Crippen LogP contribution in [0.4, 0.5) is 5.69 Å². The van der Waals surface area contributed by atoms with Gasteiger partial charge < -0.3 is 5.32 Å². The van der Waals surface area contributed by atoms with Gasteiger partial charge in [0.25, 0.3) is 0 Å². The van der Waals surface area contributed by atoms with Crippen LogP contribution in [0.25, 0.3) is 0 Å². The second-order valence-electron chi connectivity index (χ2n) is 6.50. The number of para-hydroxylation sites is 1. The summed E-state index contributed by atoms with van der Waals surface area (Å²) in [7, 11) is 0.